The average Bonchev–Trinajstić information content (AvgIpc) is 2.80. The van der Waals surface area contributed by atoms with Crippen molar-refractivity contribution in [1.29, 1.82) is 0 Å². The highest BCUT2D eigenvalue weighted by Crippen LogP contribution is 2.28. The molecule has 1 heterocycles. The number of halogens is 1. The molecular weight excluding hydrogens is 288 g/mol. The molecule has 1 aliphatic rings. The Morgan fingerprint density at radius 2 is 2.41 bits per heavy atom. The van der Waals surface area contributed by atoms with Crippen LogP contribution in [0, 0.1) is 10.1 Å². The first kappa shape index (κ1) is 12.3. The van der Waals surface area contributed by atoms with Crippen LogP contribution in [0.4, 0.5) is 11.4 Å². The van der Waals surface area contributed by atoms with Crippen molar-refractivity contribution in [3.05, 3.63) is 32.8 Å². The molecule has 92 valence electrons. The van der Waals surface area contributed by atoms with E-state index < -0.39 is 0 Å². The largest absolute Gasteiger partial charge is 0.377 e. The van der Waals surface area contributed by atoms with Gasteiger partial charge in [-0.25, -0.2) is 0 Å². The summed E-state index contributed by atoms with van der Waals surface area (Å²) >= 11 is 3.23. The summed E-state index contributed by atoms with van der Waals surface area (Å²) in [4.78, 5) is 10.5. The minimum atomic E-state index is -0.386. The van der Waals surface area contributed by atoms with E-state index in [-0.39, 0.29) is 16.7 Å². The molecule has 1 unspecified atom stereocenters. The zero-order valence-electron chi connectivity index (χ0n) is 9.19. The lowest BCUT2D eigenvalue weighted by Gasteiger charge is -2.12. The van der Waals surface area contributed by atoms with Gasteiger partial charge in [0.05, 0.1) is 11.0 Å². The quantitative estimate of drug-likeness (QED) is 0.686. The van der Waals surface area contributed by atoms with Gasteiger partial charge in [0.2, 0.25) is 0 Å². The Morgan fingerprint density at radius 1 is 1.59 bits per heavy atom. The first-order chi connectivity index (χ1) is 8.16. The number of nitrogens with zero attached hydrogens (tertiary/aromatic N) is 1. The lowest BCUT2D eigenvalue weighted by Crippen LogP contribution is -2.18. The number of ether oxygens (including phenoxy) is 1. The van der Waals surface area contributed by atoms with E-state index in [0.717, 1.165) is 19.4 Å². The van der Waals surface area contributed by atoms with E-state index >= 15 is 0 Å². The van der Waals surface area contributed by atoms with Gasteiger partial charge in [0.1, 0.15) is 5.69 Å². The van der Waals surface area contributed by atoms with Crippen molar-refractivity contribution in [2.24, 2.45) is 0 Å². The molecule has 1 saturated heterocycles. The van der Waals surface area contributed by atoms with Gasteiger partial charge in [0, 0.05) is 23.7 Å². The zero-order chi connectivity index (χ0) is 12.3. The third-order valence-electron chi connectivity index (χ3n) is 2.70. The van der Waals surface area contributed by atoms with E-state index in [4.69, 9.17) is 4.74 Å². The van der Waals surface area contributed by atoms with Crippen LogP contribution in [0.1, 0.15) is 12.8 Å². The number of rotatable bonds is 4. The van der Waals surface area contributed by atoms with Gasteiger partial charge >= 0.3 is 0 Å². The SMILES string of the molecule is O=[N+]([O-])c1cc(Br)ccc1NCC1CCCO1. The van der Waals surface area contributed by atoms with Crippen molar-refractivity contribution >= 4 is 27.3 Å². The number of hydrogen-bond acceptors (Lipinski definition) is 4. The third kappa shape index (κ3) is 3.17. The van der Waals surface area contributed by atoms with Crippen LogP contribution in [0.15, 0.2) is 22.7 Å². The predicted molar refractivity (Wildman–Crippen MR) is 68.3 cm³/mol. The lowest BCUT2D eigenvalue weighted by molar-refractivity contribution is -0.384. The molecule has 1 N–H and O–H groups in total. The molecule has 0 amide bonds. The second kappa shape index (κ2) is 5.46. The monoisotopic (exact) mass is 300 g/mol. The third-order valence-corrected chi connectivity index (χ3v) is 3.19. The molecule has 0 saturated carbocycles. The van der Waals surface area contributed by atoms with Crippen LogP contribution in [-0.2, 0) is 4.74 Å². The molecule has 5 nitrogen and oxygen atoms in total. The molecule has 2 rings (SSSR count). The molecule has 0 radical (unpaired) electrons. The first-order valence-corrected chi connectivity index (χ1v) is 6.25. The van der Waals surface area contributed by atoms with Gasteiger partial charge in [-0.05, 0) is 25.0 Å². The highest BCUT2D eigenvalue weighted by Gasteiger charge is 2.18. The van der Waals surface area contributed by atoms with E-state index in [2.05, 4.69) is 21.2 Å². The normalized spacial score (nSPS) is 19.2. The van der Waals surface area contributed by atoms with E-state index in [9.17, 15) is 10.1 Å². The summed E-state index contributed by atoms with van der Waals surface area (Å²) in [5, 5.41) is 14.0. The Balaban J connectivity index is 2.06. The fourth-order valence-electron chi connectivity index (χ4n) is 1.83. The number of hydrogen-bond donors (Lipinski definition) is 1. The summed E-state index contributed by atoms with van der Waals surface area (Å²) in [6, 6.07) is 4.99. The van der Waals surface area contributed by atoms with Crippen molar-refractivity contribution in [2.45, 2.75) is 18.9 Å². The Hall–Kier alpha value is -1.14. The molecule has 1 fully saturated rings. The second-order valence-corrected chi connectivity index (χ2v) is 4.85. The molecule has 1 aromatic carbocycles. The van der Waals surface area contributed by atoms with Gasteiger partial charge in [0.25, 0.3) is 5.69 Å². The van der Waals surface area contributed by atoms with Crippen molar-refractivity contribution in [3.63, 3.8) is 0 Å². The number of anilines is 1. The van der Waals surface area contributed by atoms with Crippen LogP contribution in [0.2, 0.25) is 0 Å². The van der Waals surface area contributed by atoms with E-state index in [1.165, 1.54) is 6.07 Å². The van der Waals surface area contributed by atoms with Crippen LogP contribution >= 0.6 is 15.9 Å². The first-order valence-electron chi connectivity index (χ1n) is 5.46. The van der Waals surface area contributed by atoms with Gasteiger partial charge in [0.15, 0.2) is 0 Å². The molecule has 17 heavy (non-hydrogen) atoms. The van der Waals surface area contributed by atoms with Gasteiger partial charge in [-0.3, -0.25) is 10.1 Å². The fraction of sp³-hybridized carbons (Fsp3) is 0.455. The molecular formula is C11H13BrN2O3. The zero-order valence-corrected chi connectivity index (χ0v) is 10.8. The van der Waals surface area contributed by atoms with Gasteiger partial charge in [-0.2, -0.15) is 0 Å². The standard InChI is InChI=1S/C11H13BrN2O3/c12-8-3-4-10(11(6-8)14(15)16)13-7-9-2-1-5-17-9/h3-4,6,9,13H,1-2,5,7H2. The number of nitro groups is 1. The smallest absolute Gasteiger partial charge is 0.293 e. The maximum absolute atomic E-state index is 10.9. The summed E-state index contributed by atoms with van der Waals surface area (Å²) in [6.45, 7) is 1.40. The highest BCUT2D eigenvalue weighted by molar-refractivity contribution is 9.10. The summed E-state index contributed by atoms with van der Waals surface area (Å²) in [5.74, 6) is 0. The van der Waals surface area contributed by atoms with Crippen molar-refractivity contribution in [1.82, 2.24) is 0 Å². The molecule has 6 heteroatoms. The molecule has 0 spiro atoms. The van der Waals surface area contributed by atoms with Crippen LogP contribution < -0.4 is 5.32 Å². The number of nitrogens with one attached hydrogen (secondary N) is 1. The summed E-state index contributed by atoms with van der Waals surface area (Å²) < 4.78 is 6.16. The topological polar surface area (TPSA) is 64.4 Å². The second-order valence-electron chi connectivity index (χ2n) is 3.93. The van der Waals surface area contributed by atoms with E-state index in [0.29, 0.717) is 16.7 Å². The number of nitro benzene ring substituents is 1. The maximum atomic E-state index is 10.9. The molecule has 0 bridgehead atoms. The Kier molecular flexibility index (Phi) is 3.96. The summed E-state index contributed by atoms with van der Waals surface area (Å²) in [6.07, 6.45) is 2.24. The highest BCUT2D eigenvalue weighted by atomic mass is 79.9. The fourth-order valence-corrected chi connectivity index (χ4v) is 2.18. The van der Waals surface area contributed by atoms with Crippen LogP contribution in [0.3, 0.4) is 0 Å². The molecule has 1 atom stereocenters. The van der Waals surface area contributed by atoms with Crippen molar-refractivity contribution < 1.29 is 9.66 Å². The van der Waals surface area contributed by atoms with Crippen molar-refractivity contribution in [3.8, 4) is 0 Å². The molecule has 1 aliphatic heterocycles. The Bertz CT molecular complexity index is 419. The molecule has 0 aliphatic carbocycles. The van der Waals surface area contributed by atoms with Crippen LogP contribution in [0.25, 0.3) is 0 Å². The van der Waals surface area contributed by atoms with Crippen molar-refractivity contribution in [2.75, 3.05) is 18.5 Å². The summed E-state index contributed by atoms with van der Waals surface area (Å²) in [5.41, 5.74) is 0.617. The van der Waals surface area contributed by atoms with E-state index in [1.807, 2.05) is 0 Å². The lowest BCUT2D eigenvalue weighted by atomic mass is 10.2. The maximum Gasteiger partial charge on any atom is 0.293 e. The minimum absolute atomic E-state index is 0.0809. The summed E-state index contributed by atoms with van der Waals surface area (Å²) in [7, 11) is 0. The number of benzene rings is 1. The van der Waals surface area contributed by atoms with Crippen LogP contribution in [0.5, 0.6) is 0 Å². The Labute approximate surface area is 107 Å². The predicted octanol–water partition coefficient (Wildman–Crippen LogP) is 2.95. The molecule has 0 aromatic heterocycles. The Morgan fingerprint density at radius 3 is 3.06 bits per heavy atom. The van der Waals surface area contributed by atoms with Gasteiger partial charge in [-0.15, -0.1) is 0 Å². The average molecular weight is 301 g/mol. The van der Waals surface area contributed by atoms with Crippen LogP contribution in [-0.4, -0.2) is 24.2 Å². The van der Waals surface area contributed by atoms with Gasteiger partial charge < -0.3 is 10.1 Å². The van der Waals surface area contributed by atoms with Gasteiger partial charge in [-0.1, -0.05) is 15.9 Å². The molecule has 1 aromatic rings. The minimum Gasteiger partial charge on any atom is -0.377 e. The van der Waals surface area contributed by atoms with E-state index in [1.54, 1.807) is 12.1 Å².